The first-order chi connectivity index (χ1) is 12.7. The summed E-state index contributed by atoms with van der Waals surface area (Å²) in [5, 5.41) is 22.6. The summed E-state index contributed by atoms with van der Waals surface area (Å²) >= 11 is 0. The normalized spacial score (nSPS) is 22.5. The van der Waals surface area contributed by atoms with Gasteiger partial charge < -0.3 is 15.0 Å². The highest BCUT2D eigenvalue weighted by atomic mass is 16.3. The molecule has 1 aliphatic carbocycles. The van der Waals surface area contributed by atoms with Gasteiger partial charge in [-0.1, -0.05) is 6.07 Å². The van der Waals surface area contributed by atoms with Gasteiger partial charge in [0.25, 0.3) is 0 Å². The number of aliphatic hydroxyl groups excluding tert-OH is 1. The molecule has 4 rings (SSSR count). The van der Waals surface area contributed by atoms with Crippen molar-refractivity contribution in [3.63, 3.8) is 0 Å². The molecule has 0 atom stereocenters. The van der Waals surface area contributed by atoms with E-state index in [0.717, 1.165) is 61.3 Å². The van der Waals surface area contributed by atoms with Crippen LogP contribution in [0.4, 0.5) is 5.69 Å². The van der Waals surface area contributed by atoms with Crippen LogP contribution in [0.2, 0.25) is 0 Å². The summed E-state index contributed by atoms with van der Waals surface area (Å²) in [6.07, 6.45) is 4.72. The predicted molar refractivity (Wildman–Crippen MR) is 100 cm³/mol. The molecule has 1 aromatic heterocycles. The number of hydrogen-bond donors (Lipinski definition) is 2. The standard InChI is InChI=1S/C21H23N3O2/c22-13-15-4-3-14(12-18(15)23-16-5-7-17(25)8-6-16)19-9-10-20-21(26)2-1-11-24(19)20/h3-4,9-10,12,16-17,23,25H,1-2,5-8,11H2. The first kappa shape index (κ1) is 16.9. The minimum Gasteiger partial charge on any atom is -0.393 e. The van der Waals surface area contributed by atoms with Crippen LogP contribution in [0, 0.1) is 11.3 Å². The number of nitrogens with zero attached hydrogens (tertiary/aromatic N) is 2. The highest BCUT2D eigenvalue weighted by Gasteiger charge is 2.22. The lowest BCUT2D eigenvalue weighted by atomic mass is 9.92. The van der Waals surface area contributed by atoms with E-state index in [9.17, 15) is 15.2 Å². The Balaban J connectivity index is 1.65. The first-order valence-corrected chi connectivity index (χ1v) is 9.37. The van der Waals surface area contributed by atoms with Crippen LogP contribution in [0.3, 0.4) is 0 Å². The Morgan fingerprint density at radius 1 is 1.12 bits per heavy atom. The van der Waals surface area contributed by atoms with Gasteiger partial charge in [-0.05, 0) is 56.4 Å². The predicted octanol–water partition coefficient (Wildman–Crippen LogP) is 3.72. The number of carbonyl (C=O) groups is 1. The zero-order chi connectivity index (χ0) is 18.1. The number of nitriles is 1. The summed E-state index contributed by atoms with van der Waals surface area (Å²) in [4.78, 5) is 12.1. The van der Waals surface area contributed by atoms with Crippen LogP contribution in [0.5, 0.6) is 0 Å². The second-order valence-corrected chi connectivity index (χ2v) is 7.30. The van der Waals surface area contributed by atoms with E-state index in [1.165, 1.54) is 0 Å². The van der Waals surface area contributed by atoms with Crippen molar-refractivity contribution in [2.75, 3.05) is 5.32 Å². The Labute approximate surface area is 153 Å². The van der Waals surface area contributed by atoms with E-state index < -0.39 is 0 Å². The van der Waals surface area contributed by atoms with E-state index >= 15 is 0 Å². The van der Waals surface area contributed by atoms with E-state index in [2.05, 4.69) is 16.0 Å². The van der Waals surface area contributed by atoms with E-state index in [-0.39, 0.29) is 17.9 Å². The monoisotopic (exact) mass is 349 g/mol. The first-order valence-electron chi connectivity index (χ1n) is 9.37. The second-order valence-electron chi connectivity index (χ2n) is 7.30. The Bertz CT molecular complexity index is 870. The third-order valence-corrected chi connectivity index (χ3v) is 5.54. The zero-order valence-corrected chi connectivity index (χ0v) is 14.7. The van der Waals surface area contributed by atoms with Crippen molar-refractivity contribution >= 4 is 11.5 Å². The van der Waals surface area contributed by atoms with Gasteiger partial charge in [0, 0.05) is 30.3 Å². The number of hydrogen-bond acceptors (Lipinski definition) is 4. The molecule has 5 heteroatoms. The summed E-state index contributed by atoms with van der Waals surface area (Å²) in [5.41, 5.74) is 4.29. The molecule has 0 amide bonds. The molecule has 2 aliphatic rings. The lowest BCUT2D eigenvalue weighted by Crippen LogP contribution is -2.28. The molecule has 0 spiro atoms. The van der Waals surface area contributed by atoms with Crippen molar-refractivity contribution in [2.45, 2.75) is 57.2 Å². The number of aromatic nitrogens is 1. The molecule has 1 saturated carbocycles. The molecule has 5 nitrogen and oxygen atoms in total. The smallest absolute Gasteiger partial charge is 0.179 e. The molecule has 134 valence electrons. The molecule has 1 aliphatic heterocycles. The number of carbonyl (C=O) groups excluding carboxylic acids is 1. The molecular weight excluding hydrogens is 326 g/mol. The minimum atomic E-state index is -0.195. The number of benzene rings is 1. The summed E-state index contributed by atoms with van der Waals surface area (Å²) in [7, 11) is 0. The van der Waals surface area contributed by atoms with Gasteiger partial charge in [0.2, 0.25) is 0 Å². The van der Waals surface area contributed by atoms with Crippen molar-refractivity contribution in [1.82, 2.24) is 4.57 Å². The van der Waals surface area contributed by atoms with E-state index in [1.807, 2.05) is 30.3 Å². The van der Waals surface area contributed by atoms with E-state index in [0.29, 0.717) is 12.0 Å². The highest BCUT2D eigenvalue weighted by Crippen LogP contribution is 2.31. The second kappa shape index (κ2) is 6.97. The molecule has 1 aromatic carbocycles. The third-order valence-electron chi connectivity index (χ3n) is 5.54. The van der Waals surface area contributed by atoms with Crippen molar-refractivity contribution in [1.29, 1.82) is 5.26 Å². The number of aliphatic hydroxyl groups is 1. The van der Waals surface area contributed by atoms with Gasteiger partial charge in [-0.25, -0.2) is 0 Å². The van der Waals surface area contributed by atoms with Gasteiger partial charge in [-0.2, -0.15) is 5.26 Å². The topological polar surface area (TPSA) is 78.0 Å². The number of nitrogens with one attached hydrogen (secondary N) is 1. The van der Waals surface area contributed by atoms with Gasteiger partial charge in [-0.15, -0.1) is 0 Å². The summed E-state index contributed by atoms with van der Waals surface area (Å²) in [6.45, 7) is 0.854. The number of fused-ring (bicyclic) bond motifs is 1. The molecule has 2 heterocycles. The SMILES string of the molecule is N#Cc1ccc(-c2ccc3n2CCCC3=O)cc1NC1CCC(O)CC1. The molecule has 2 aromatic rings. The third kappa shape index (κ3) is 3.13. The fourth-order valence-corrected chi connectivity index (χ4v) is 4.09. The van der Waals surface area contributed by atoms with Crippen molar-refractivity contribution in [3.8, 4) is 17.3 Å². The Morgan fingerprint density at radius 3 is 2.65 bits per heavy atom. The number of rotatable bonds is 3. The average molecular weight is 349 g/mol. The molecule has 0 bridgehead atoms. The van der Waals surface area contributed by atoms with Gasteiger partial charge in [0.05, 0.1) is 23.0 Å². The number of Topliss-reactive ketones (excluding diaryl/α,β-unsaturated/α-hetero) is 1. The summed E-state index contributed by atoms with van der Waals surface area (Å²) in [6, 6.07) is 12.3. The molecular formula is C21H23N3O2. The Morgan fingerprint density at radius 2 is 1.88 bits per heavy atom. The van der Waals surface area contributed by atoms with Crippen LogP contribution in [-0.4, -0.2) is 27.6 Å². The zero-order valence-electron chi connectivity index (χ0n) is 14.7. The Hall–Kier alpha value is -2.58. The molecule has 2 N–H and O–H groups in total. The molecule has 26 heavy (non-hydrogen) atoms. The van der Waals surface area contributed by atoms with Crippen LogP contribution >= 0.6 is 0 Å². The molecule has 0 radical (unpaired) electrons. The number of anilines is 1. The maximum Gasteiger partial charge on any atom is 0.179 e. The number of ketones is 1. The average Bonchev–Trinajstić information content (AvgIpc) is 3.09. The quantitative estimate of drug-likeness (QED) is 0.885. The highest BCUT2D eigenvalue weighted by molar-refractivity contribution is 5.96. The fourth-order valence-electron chi connectivity index (χ4n) is 4.09. The van der Waals surface area contributed by atoms with Crippen LogP contribution in [-0.2, 0) is 6.54 Å². The van der Waals surface area contributed by atoms with E-state index in [1.54, 1.807) is 0 Å². The lowest BCUT2D eigenvalue weighted by Gasteiger charge is -2.27. The minimum absolute atomic E-state index is 0.195. The maximum absolute atomic E-state index is 12.1. The summed E-state index contributed by atoms with van der Waals surface area (Å²) < 4.78 is 2.09. The lowest BCUT2D eigenvalue weighted by molar-refractivity contribution is 0.0955. The van der Waals surface area contributed by atoms with Crippen LogP contribution in [0.15, 0.2) is 30.3 Å². The summed E-state index contributed by atoms with van der Waals surface area (Å²) in [5.74, 6) is 0.204. The van der Waals surface area contributed by atoms with Crippen LogP contribution < -0.4 is 5.32 Å². The van der Waals surface area contributed by atoms with Crippen molar-refractivity contribution in [3.05, 3.63) is 41.6 Å². The van der Waals surface area contributed by atoms with Gasteiger partial charge in [-0.3, -0.25) is 4.79 Å². The largest absolute Gasteiger partial charge is 0.393 e. The van der Waals surface area contributed by atoms with Crippen molar-refractivity contribution < 1.29 is 9.90 Å². The van der Waals surface area contributed by atoms with E-state index in [4.69, 9.17) is 0 Å². The van der Waals surface area contributed by atoms with Gasteiger partial charge in [0.15, 0.2) is 5.78 Å². The molecule has 0 saturated heterocycles. The Kier molecular flexibility index (Phi) is 4.52. The van der Waals surface area contributed by atoms with Gasteiger partial charge in [0.1, 0.15) is 6.07 Å². The molecule has 1 fully saturated rings. The van der Waals surface area contributed by atoms with Crippen LogP contribution in [0.1, 0.15) is 54.6 Å². The van der Waals surface area contributed by atoms with Crippen LogP contribution in [0.25, 0.3) is 11.3 Å². The van der Waals surface area contributed by atoms with Gasteiger partial charge >= 0.3 is 0 Å². The maximum atomic E-state index is 12.1. The van der Waals surface area contributed by atoms with Crippen molar-refractivity contribution in [2.24, 2.45) is 0 Å². The fraction of sp³-hybridized carbons (Fsp3) is 0.429. The molecule has 0 unspecified atom stereocenters.